The number of aromatic amines is 2. The van der Waals surface area contributed by atoms with Gasteiger partial charge in [-0.3, -0.25) is 49.1 Å². The maximum Gasteiger partial charge on any atom is 0.273 e. The van der Waals surface area contributed by atoms with E-state index in [1.807, 2.05) is 82.3 Å². The molecule has 20 nitrogen and oxygen atoms in total. The van der Waals surface area contributed by atoms with Crippen molar-refractivity contribution in [3.05, 3.63) is 372 Å². The summed E-state index contributed by atoms with van der Waals surface area (Å²) < 4.78 is 102. The van der Waals surface area contributed by atoms with Crippen LogP contribution in [0.15, 0.2) is 250 Å². The summed E-state index contributed by atoms with van der Waals surface area (Å²) in [5.74, 6) is -0.746. The van der Waals surface area contributed by atoms with Gasteiger partial charge in [0.2, 0.25) is 0 Å². The molecule has 0 aliphatic rings. The average molecular weight is 1460 g/mol. The summed E-state index contributed by atoms with van der Waals surface area (Å²) in [4.78, 5) is 38.5. The molecule has 10 aromatic heterocycles. The average Bonchev–Trinajstić information content (AvgIpc) is 1.57. The highest BCUT2D eigenvalue weighted by Crippen LogP contribution is 2.31. The number of hydrogen-bond acceptors (Lipinski definition) is 14. The van der Waals surface area contributed by atoms with E-state index in [9.17, 15) is 14.5 Å². The second kappa shape index (κ2) is 36.4. The summed E-state index contributed by atoms with van der Waals surface area (Å²) >= 11 is 0. The molecule has 15 rings (SSSR count). The summed E-state index contributed by atoms with van der Waals surface area (Å²) in [7, 11) is 5.25. The summed E-state index contributed by atoms with van der Waals surface area (Å²) in [5, 5.41) is 59.4. The molecule has 0 radical (unpaired) electrons. The van der Waals surface area contributed by atoms with Crippen molar-refractivity contribution in [1.29, 1.82) is 21.0 Å². The summed E-state index contributed by atoms with van der Waals surface area (Å²) in [6.45, 7) is 9.42. The van der Waals surface area contributed by atoms with Crippen LogP contribution in [0.25, 0.3) is 56.3 Å². The number of nitrogens with one attached hydrogen (secondary N) is 2. The van der Waals surface area contributed by atoms with Crippen LogP contribution in [0, 0.1) is 95.9 Å². The third-order valence-corrected chi connectivity index (χ3v) is 16.6. The molecule has 0 unspecified atom stereocenters. The van der Waals surface area contributed by atoms with Gasteiger partial charge in [0.15, 0.2) is 0 Å². The predicted molar refractivity (Wildman–Crippen MR) is 423 cm³/mol. The Labute approximate surface area is 651 Å². The fourth-order valence-corrected chi connectivity index (χ4v) is 11.2. The van der Waals surface area contributed by atoms with Gasteiger partial charge >= 0.3 is 0 Å². The van der Waals surface area contributed by atoms with Crippen LogP contribution in [0.2, 0.25) is 0 Å². The smallest absolute Gasteiger partial charge is 0.273 e. The standard InChI is InChI=1S/3C18H16N4.C18H15N3.C17H14FN3O2/c3*1-13-6-7-17(9-15-11-20-22(2)12-15)21-18(13)16-5-3-4-14(8-16)10-19;1-13-5-6-17(10-15-7-8-20-12-15)21-18(13)16-4-2-3-14(9-16)11-19;1-11-2-3-15(6-12-4-5-19-10-12)20-17(11)13-7-14(18)9-16(8-13)21(22)23/h3*3-8,11-12H,9H2,1-2H3;2-9,12,20H,10H2,1H3;2-5,7-10,19H,6H2,1H3/i3*9D2;10D2;6D2. The van der Waals surface area contributed by atoms with Gasteiger partial charge in [0.05, 0.1) is 105 Å². The number of hydrogen-bond donors (Lipinski definition) is 2. The van der Waals surface area contributed by atoms with E-state index < -0.39 is 42.6 Å². The van der Waals surface area contributed by atoms with Crippen LogP contribution in [0.5, 0.6) is 0 Å². The maximum absolute atomic E-state index is 13.8. The first-order chi connectivity index (χ1) is 57.0. The van der Waals surface area contributed by atoms with Gasteiger partial charge in [-0.25, -0.2) is 4.39 Å². The molecule has 21 heteroatoms. The monoisotopic (exact) mass is 1460 g/mol. The molecule has 0 atom stereocenters. The molecular weight excluding hydrogens is 1370 g/mol. The number of H-pyrrole nitrogens is 2. The normalized spacial score (nSPS) is 12.4. The van der Waals surface area contributed by atoms with Gasteiger partial charge in [-0.1, -0.05) is 78.9 Å². The summed E-state index contributed by atoms with van der Waals surface area (Å²) in [6.07, 6.45) is 7.18. The van der Waals surface area contributed by atoms with Crippen LogP contribution < -0.4 is 0 Å². The lowest BCUT2D eigenvalue weighted by Crippen LogP contribution is -1.97. The van der Waals surface area contributed by atoms with E-state index in [1.54, 1.807) is 195 Å². The van der Waals surface area contributed by atoms with Gasteiger partial charge in [0, 0.05) is 172 Å². The highest BCUT2D eigenvalue weighted by atomic mass is 19.1. The molecule has 0 amide bonds. The van der Waals surface area contributed by atoms with Crippen molar-refractivity contribution in [2.24, 2.45) is 21.1 Å². The first kappa shape index (κ1) is 63.8. The fraction of sp³-hybridized carbons (Fsp3) is 0.146. The number of pyridine rings is 5. The minimum absolute atomic E-state index is 0.139. The van der Waals surface area contributed by atoms with Crippen LogP contribution >= 0.6 is 0 Å². The van der Waals surface area contributed by atoms with E-state index in [0.717, 1.165) is 56.6 Å². The highest BCUT2D eigenvalue weighted by Gasteiger charge is 2.17. The molecule has 10 heterocycles. The largest absolute Gasteiger partial charge is 0.367 e. The second-order valence-electron chi connectivity index (χ2n) is 25.1. The molecule has 2 N–H and O–H groups in total. The molecule has 0 fully saturated rings. The molecule has 542 valence electrons. The lowest BCUT2D eigenvalue weighted by atomic mass is 10.0. The quantitative estimate of drug-likeness (QED) is 0.0672. The number of halogens is 1. The van der Waals surface area contributed by atoms with Gasteiger partial charge < -0.3 is 9.97 Å². The Kier molecular flexibility index (Phi) is 21.1. The SMILES string of the molecule is [2H]C([2H])(c1cc[nH]c1)c1ccc(C)c(-c2cc(F)cc([N+](=O)[O-])c2)n1.[2H]C([2H])(c1cc[nH]c1)c1ccc(C)c(-c2cccc(C#N)c2)n1.[2H]C([2H])(c1cnn(C)c1)c1ccc(C)c(-c2cccc(C#N)c2)n1.[2H]C([2H])(c1cnn(C)c1)c1ccc(C)c(-c2cccc(C#N)c2)n1.[2H]C([2H])(c1cnn(C)c1)c1ccc(C)c(-c2cccc(C#N)c2)n1. The van der Waals surface area contributed by atoms with Crippen molar-refractivity contribution in [3.63, 3.8) is 0 Å². The molecule has 110 heavy (non-hydrogen) atoms. The number of nitriles is 4. The van der Waals surface area contributed by atoms with Crippen LogP contribution in [0.4, 0.5) is 10.1 Å². The number of non-ortho nitro benzene ring substituents is 1. The van der Waals surface area contributed by atoms with E-state index >= 15 is 0 Å². The van der Waals surface area contributed by atoms with Crippen molar-refractivity contribution < 1.29 is 23.0 Å². The lowest BCUT2D eigenvalue weighted by Gasteiger charge is -2.08. The van der Waals surface area contributed by atoms with Crippen molar-refractivity contribution in [2.45, 2.75) is 66.5 Å². The van der Waals surface area contributed by atoms with E-state index in [2.05, 4.69) is 74.5 Å². The predicted octanol–water partition coefficient (Wildman–Crippen LogP) is 17.6. The van der Waals surface area contributed by atoms with Crippen molar-refractivity contribution in [2.75, 3.05) is 0 Å². The van der Waals surface area contributed by atoms with E-state index in [1.165, 1.54) is 30.9 Å². The third-order valence-electron chi connectivity index (χ3n) is 16.6. The van der Waals surface area contributed by atoms with Crippen LogP contribution in [0.3, 0.4) is 0 Å². The zero-order valence-corrected chi connectivity index (χ0v) is 61.0. The van der Waals surface area contributed by atoms with Gasteiger partial charge in [0.1, 0.15) is 5.82 Å². The molecule has 0 saturated heterocycles. The molecule has 0 bridgehead atoms. The van der Waals surface area contributed by atoms with Crippen molar-refractivity contribution >= 4 is 5.69 Å². The first-order valence-electron chi connectivity index (χ1n) is 39.2. The lowest BCUT2D eigenvalue weighted by molar-refractivity contribution is -0.385. The van der Waals surface area contributed by atoms with Crippen molar-refractivity contribution in [1.82, 2.24) is 64.2 Å². The molecule has 0 aliphatic heterocycles. The molecule has 0 spiro atoms. The number of nitro groups is 1. The Morgan fingerprint density at radius 1 is 0.391 bits per heavy atom. The molecular formula is C89H77FN18O2. The highest BCUT2D eigenvalue weighted by molar-refractivity contribution is 5.69. The van der Waals surface area contributed by atoms with E-state index in [-0.39, 0.29) is 16.9 Å². The number of nitro benzene ring substituents is 1. The number of aromatic nitrogens is 13. The van der Waals surface area contributed by atoms with Crippen molar-refractivity contribution in [3.8, 4) is 80.6 Å². The third kappa shape index (κ3) is 20.9. The van der Waals surface area contributed by atoms with Crippen LogP contribution in [-0.4, -0.2) is 69.2 Å². The first-order valence-corrected chi connectivity index (χ1v) is 34.2. The van der Waals surface area contributed by atoms with E-state index in [4.69, 9.17) is 34.8 Å². The van der Waals surface area contributed by atoms with Gasteiger partial charge in [-0.2, -0.15) is 36.3 Å². The minimum atomic E-state index is -1.86. The Bertz CT molecular complexity index is 6060. The number of nitrogens with zero attached hydrogens (tertiary/aromatic N) is 16. The molecule has 15 aromatic rings. The Hall–Kier alpha value is -14.7. The number of rotatable bonds is 16. The Balaban J connectivity index is 0.000000147. The van der Waals surface area contributed by atoms with Crippen LogP contribution in [0.1, 0.15) is 120 Å². The van der Waals surface area contributed by atoms with Gasteiger partial charge in [-0.15, -0.1) is 0 Å². The minimum Gasteiger partial charge on any atom is -0.367 e. The van der Waals surface area contributed by atoms with Gasteiger partial charge in [-0.05, 0) is 187 Å². The molecule has 0 saturated carbocycles. The zero-order valence-electron chi connectivity index (χ0n) is 71.0. The zero-order chi connectivity index (χ0) is 86.6. The molecule has 5 aromatic carbocycles. The topological polar surface area (TPSA) is 288 Å². The Morgan fingerprint density at radius 2 is 0.673 bits per heavy atom. The number of benzene rings is 5. The second-order valence-corrected chi connectivity index (χ2v) is 25.1. The fourth-order valence-electron chi connectivity index (χ4n) is 11.2. The summed E-state index contributed by atoms with van der Waals surface area (Å²) in [6, 6.07) is 61.1. The van der Waals surface area contributed by atoms with E-state index in [0.29, 0.717) is 107 Å². The summed E-state index contributed by atoms with van der Waals surface area (Å²) in [5.41, 5.74) is 16.4. The molecule has 0 aliphatic carbocycles. The number of aryl methyl sites for hydroxylation is 8. The Morgan fingerprint density at radius 3 is 0.918 bits per heavy atom. The van der Waals surface area contributed by atoms with Gasteiger partial charge in [0.25, 0.3) is 5.69 Å². The maximum atomic E-state index is 13.8. The van der Waals surface area contributed by atoms with Crippen LogP contribution in [-0.2, 0) is 53.0 Å².